The minimum Gasteiger partial charge on any atom is -0.459 e. The highest BCUT2D eigenvalue weighted by Gasteiger charge is 2.14. The van der Waals surface area contributed by atoms with E-state index >= 15 is 0 Å². The summed E-state index contributed by atoms with van der Waals surface area (Å²) in [5.41, 5.74) is 0.688. The molecular formula is C15H11FN2O3. The largest absolute Gasteiger partial charge is 0.459 e. The molecule has 0 atom stereocenters. The Balaban J connectivity index is 1.78. The van der Waals surface area contributed by atoms with Crippen molar-refractivity contribution in [3.63, 3.8) is 0 Å². The number of nitro groups is 1. The highest BCUT2D eigenvalue weighted by Crippen LogP contribution is 2.23. The Kier molecular flexibility index (Phi) is 3.27. The number of furan rings is 1. The van der Waals surface area contributed by atoms with Gasteiger partial charge < -0.3 is 9.73 Å². The van der Waals surface area contributed by atoms with Crippen LogP contribution in [0.2, 0.25) is 0 Å². The number of anilines is 1. The predicted molar refractivity (Wildman–Crippen MR) is 76.6 cm³/mol. The fraction of sp³-hybridized carbons (Fsp3) is 0.0667. The Bertz CT molecular complexity index is 781. The molecule has 106 valence electrons. The molecule has 0 spiro atoms. The number of hydrogen-bond donors (Lipinski definition) is 1. The standard InChI is InChI=1S/C15H11FN2O3/c16-13-6-5-11(8-14(13)18(19)20)17-9-12-7-10-3-1-2-4-15(10)21-12/h1-8,17H,9H2. The molecule has 3 aromatic rings. The Morgan fingerprint density at radius 3 is 2.76 bits per heavy atom. The summed E-state index contributed by atoms with van der Waals surface area (Å²) in [7, 11) is 0. The van der Waals surface area contributed by atoms with Crippen LogP contribution in [0.1, 0.15) is 5.76 Å². The quantitative estimate of drug-likeness (QED) is 0.579. The molecule has 0 aliphatic rings. The van der Waals surface area contributed by atoms with E-state index in [-0.39, 0.29) is 0 Å². The lowest BCUT2D eigenvalue weighted by Gasteiger charge is -2.04. The van der Waals surface area contributed by atoms with Crippen molar-refractivity contribution in [2.24, 2.45) is 0 Å². The van der Waals surface area contributed by atoms with Crippen LogP contribution in [0.5, 0.6) is 0 Å². The van der Waals surface area contributed by atoms with Crippen LogP contribution in [0.3, 0.4) is 0 Å². The van der Waals surface area contributed by atoms with E-state index < -0.39 is 16.4 Å². The number of fused-ring (bicyclic) bond motifs is 1. The number of rotatable bonds is 4. The molecule has 0 saturated carbocycles. The fourth-order valence-corrected chi connectivity index (χ4v) is 2.08. The lowest BCUT2D eigenvalue weighted by molar-refractivity contribution is -0.387. The van der Waals surface area contributed by atoms with E-state index in [0.717, 1.165) is 23.1 Å². The predicted octanol–water partition coefficient (Wildman–Crippen LogP) is 4.09. The van der Waals surface area contributed by atoms with Crippen LogP contribution in [0, 0.1) is 15.9 Å². The van der Waals surface area contributed by atoms with Crippen LogP contribution in [0.15, 0.2) is 52.9 Å². The van der Waals surface area contributed by atoms with Gasteiger partial charge in [0.25, 0.3) is 0 Å². The molecule has 21 heavy (non-hydrogen) atoms. The summed E-state index contributed by atoms with van der Waals surface area (Å²) >= 11 is 0. The zero-order valence-electron chi connectivity index (χ0n) is 10.9. The number of benzene rings is 2. The number of nitro benzene ring substituents is 1. The molecule has 0 bridgehead atoms. The van der Waals surface area contributed by atoms with Crippen LogP contribution < -0.4 is 5.32 Å². The van der Waals surface area contributed by atoms with Gasteiger partial charge in [0.15, 0.2) is 0 Å². The van der Waals surface area contributed by atoms with E-state index in [2.05, 4.69) is 5.32 Å². The Labute approximate surface area is 119 Å². The van der Waals surface area contributed by atoms with Gasteiger partial charge in [0, 0.05) is 17.1 Å². The Hall–Kier alpha value is -2.89. The molecule has 1 aromatic heterocycles. The maximum absolute atomic E-state index is 13.2. The topological polar surface area (TPSA) is 68.3 Å². The summed E-state index contributed by atoms with van der Waals surface area (Å²) in [5, 5.41) is 14.6. The second kappa shape index (κ2) is 5.24. The number of hydrogen-bond acceptors (Lipinski definition) is 4. The van der Waals surface area contributed by atoms with Gasteiger partial charge in [-0.1, -0.05) is 18.2 Å². The van der Waals surface area contributed by atoms with E-state index in [0.29, 0.717) is 18.0 Å². The van der Waals surface area contributed by atoms with Crippen LogP contribution in [0.4, 0.5) is 15.8 Å². The lowest BCUT2D eigenvalue weighted by atomic mass is 10.2. The molecule has 0 radical (unpaired) electrons. The van der Waals surface area contributed by atoms with Gasteiger partial charge in [-0.3, -0.25) is 10.1 Å². The molecule has 1 heterocycles. The maximum Gasteiger partial charge on any atom is 0.306 e. The number of halogens is 1. The average Bonchev–Trinajstić information content (AvgIpc) is 2.89. The molecule has 0 aliphatic heterocycles. The highest BCUT2D eigenvalue weighted by atomic mass is 19.1. The van der Waals surface area contributed by atoms with Gasteiger partial charge in [0.2, 0.25) is 5.82 Å². The third-order valence-electron chi connectivity index (χ3n) is 3.09. The van der Waals surface area contributed by atoms with Crippen molar-refractivity contribution < 1.29 is 13.7 Å². The van der Waals surface area contributed by atoms with Crippen LogP contribution in [-0.2, 0) is 6.54 Å². The molecule has 6 heteroatoms. The summed E-state index contributed by atoms with van der Waals surface area (Å²) < 4.78 is 18.9. The molecule has 3 rings (SSSR count). The van der Waals surface area contributed by atoms with Gasteiger partial charge in [-0.2, -0.15) is 4.39 Å². The number of nitrogens with one attached hydrogen (secondary N) is 1. The molecule has 0 saturated heterocycles. The number of para-hydroxylation sites is 1. The van der Waals surface area contributed by atoms with Crippen molar-refractivity contribution >= 4 is 22.3 Å². The van der Waals surface area contributed by atoms with E-state index in [9.17, 15) is 14.5 Å². The smallest absolute Gasteiger partial charge is 0.306 e. The first-order chi connectivity index (χ1) is 10.1. The van der Waals surface area contributed by atoms with Crippen LogP contribution in [0.25, 0.3) is 11.0 Å². The van der Waals surface area contributed by atoms with Gasteiger partial charge in [0.05, 0.1) is 11.5 Å². The first-order valence-electron chi connectivity index (χ1n) is 6.29. The van der Waals surface area contributed by atoms with E-state index in [1.54, 1.807) is 0 Å². The first kappa shape index (κ1) is 13.1. The van der Waals surface area contributed by atoms with E-state index in [4.69, 9.17) is 4.42 Å². The molecule has 0 unspecified atom stereocenters. The summed E-state index contributed by atoms with van der Waals surface area (Å²) in [4.78, 5) is 9.94. The van der Waals surface area contributed by atoms with Gasteiger partial charge in [-0.15, -0.1) is 0 Å². The van der Waals surface area contributed by atoms with E-state index in [1.807, 2.05) is 30.3 Å². The summed E-state index contributed by atoms with van der Waals surface area (Å²) in [6.45, 7) is 0.359. The van der Waals surface area contributed by atoms with Crippen molar-refractivity contribution in [3.05, 3.63) is 70.2 Å². The van der Waals surface area contributed by atoms with Crippen molar-refractivity contribution in [1.29, 1.82) is 0 Å². The normalized spacial score (nSPS) is 10.7. The third-order valence-corrected chi connectivity index (χ3v) is 3.09. The number of nitrogens with zero attached hydrogens (tertiary/aromatic N) is 1. The van der Waals surface area contributed by atoms with Crippen molar-refractivity contribution in [2.45, 2.75) is 6.54 Å². The Morgan fingerprint density at radius 1 is 1.19 bits per heavy atom. The first-order valence-corrected chi connectivity index (χ1v) is 6.29. The monoisotopic (exact) mass is 286 g/mol. The molecule has 2 aromatic carbocycles. The summed E-state index contributed by atoms with van der Waals surface area (Å²) in [5.74, 6) is -0.155. The molecular weight excluding hydrogens is 275 g/mol. The minimum atomic E-state index is -0.853. The second-order valence-electron chi connectivity index (χ2n) is 4.53. The van der Waals surface area contributed by atoms with Crippen LogP contribution in [-0.4, -0.2) is 4.92 Å². The third kappa shape index (κ3) is 2.69. The van der Waals surface area contributed by atoms with Gasteiger partial charge in [0.1, 0.15) is 11.3 Å². The SMILES string of the molecule is O=[N+]([O-])c1cc(NCc2cc3ccccc3o2)ccc1F. The van der Waals surface area contributed by atoms with Crippen molar-refractivity contribution in [3.8, 4) is 0 Å². The molecule has 5 nitrogen and oxygen atoms in total. The minimum absolute atomic E-state index is 0.359. The molecule has 0 fully saturated rings. The molecule has 0 amide bonds. The Morgan fingerprint density at radius 2 is 2.00 bits per heavy atom. The zero-order chi connectivity index (χ0) is 14.8. The van der Waals surface area contributed by atoms with E-state index in [1.165, 1.54) is 6.07 Å². The highest BCUT2D eigenvalue weighted by molar-refractivity contribution is 5.77. The lowest BCUT2D eigenvalue weighted by Crippen LogP contribution is -2.00. The van der Waals surface area contributed by atoms with Gasteiger partial charge >= 0.3 is 5.69 Å². The molecule has 0 aliphatic carbocycles. The zero-order valence-corrected chi connectivity index (χ0v) is 10.9. The van der Waals surface area contributed by atoms with Crippen molar-refractivity contribution in [2.75, 3.05) is 5.32 Å². The summed E-state index contributed by atoms with van der Waals surface area (Å²) in [6, 6.07) is 13.2. The van der Waals surface area contributed by atoms with Crippen molar-refractivity contribution in [1.82, 2.24) is 0 Å². The van der Waals surface area contributed by atoms with Crippen LogP contribution >= 0.6 is 0 Å². The average molecular weight is 286 g/mol. The fourth-order valence-electron chi connectivity index (χ4n) is 2.08. The molecule has 1 N–H and O–H groups in total. The van der Waals surface area contributed by atoms with Gasteiger partial charge in [-0.25, -0.2) is 0 Å². The summed E-state index contributed by atoms with van der Waals surface area (Å²) in [6.07, 6.45) is 0. The second-order valence-corrected chi connectivity index (χ2v) is 4.53. The maximum atomic E-state index is 13.2. The van der Waals surface area contributed by atoms with Gasteiger partial charge in [-0.05, 0) is 24.3 Å².